The first kappa shape index (κ1) is 20.0. The van der Waals surface area contributed by atoms with E-state index in [1.807, 2.05) is 12.1 Å². The second kappa shape index (κ2) is 8.99. The molecule has 0 fully saturated rings. The molecule has 0 radical (unpaired) electrons. The van der Waals surface area contributed by atoms with Gasteiger partial charge in [0.2, 0.25) is 0 Å². The van der Waals surface area contributed by atoms with E-state index >= 15 is 0 Å². The van der Waals surface area contributed by atoms with Crippen molar-refractivity contribution in [2.45, 2.75) is 5.22 Å². The van der Waals surface area contributed by atoms with Gasteiger partial charge in [-0.25, -0.2) is 9.78 Å². The number of nitrogens with zero attached hydrogens (tertiary/aromatic N) is 1. The zero-order chi connectivity index (χ0) is 20.1. The van der Waals surface area contributed by atoms with E-state index < -0.39 is 5.97 Å². The fourth-order valence-corrected chi connectivity index (χ4v) is 3.70. The van der Waals surface area contributed by atoms with Crippen LogP contribution in [0.15, 0.2) is 68.1 Å². The van der Waals surface area contributed by atoms with Gasteiger partial charge in [0.1, 0.15) is 17.0 Å². The summed E-state index contributed by atoms with van der Waals surface area (Å²) in [5, 5.41) is 9.86. The van der Waals surface area contributed by atoms with E-state index in [0.29, 0.717) is 39.2 Å². The Labute approximate surface area is 174 Å². The third-order valence-electron chi connectivity index (χ3n) is 3.58. The summed E-state index contributed by atoms with van der Waals surface area (Å²) in [5.74, 6) is -0.101. The second-order valence-corrected chi connectivity index (χ2v) is 7.34. The number of hydrogen-bond acceptors (Lipinski definition) is 6. The van der Waals surface area contributed by atoms with E-state index in [1.54, 1.807) is 30.3 Å². The van der Waals surface area contributed by atoms with Crippen LogP contribution in [0, 0.1) is 0 Å². The third-order valence-corrected chi connectivity index (χ3v) is 5.03. The van der Waals surface area contributed by atoms with Gasteiger partial charge in [-0.3, -0.25) is 0 Å². The summed E-state index contributed by atoms with van der Waals surface area (Å²) in [5.41, 5.74) is 1.89. The number of benzene rings is 2. The molecule has 1 aromatic heterocycles. The number of aliphatic carboxylic acids is 1. The summed E-state index contributed by atoms with van der Waals surface area (Å²) in [6.07, 6.45) is 3.14. The van der Waals surface area contributed by atoms with Crippen LogP contribution in [0.25, 0.3) is 17.2 Å². The lowest BCUT2D eigenvalue weighted by atomic mass is 10.2. The Kier molecular flexibility index (Phi) is 6.43. The van der Waals surface area contributed by atoms with Gasteiger partial charge in [-0.05, 0) is 63.6 Å². The van der Waals surface area contributed by atoms with Crippen LogP contribution in [0.1, 0.15) is 5.56 Å². The number of carboxylic acid groups (broad SMARTS) is 1. The number of carbonyl (C=O) groups is 1. The fourth-order valence-electron chi connectivity index (χ4n) is 2.38. The molecule has 0 spiro atoms. The number of methoxy groups -OCH3 is 1. The van der Waals surface area contributed by atoms with E-state index in [9.17, 15) is 9.90 Å². The maximum absolute atomic E-state index is 11.7. The van der Waals surface area contributed by atoms with Crippen LogP contribution in [0.4, 0.5) is 0 Å². The summed E-state index contributed by atoms with van der Waals surface area (Å²) < 4.78 is 17.2. The molecule has 6 nitrogen and oxygen atoms in total. The molecule has 0 atom stereocenters. The highest BCUT2D eigenvalue weighted by Crippen LogP contribution is 2.38. The maximum Gasteiger partial charge on any atom is 0.342 e. The first-order chi connectivity index (χ1) is 13.5. The monoisotopic (exact) mass is 461 g/mol. The lowest BCUT2D eigenvalue weighted by molar-refractivity contribution is -0.131. The Morgan fingerprint density at radius 2 is 2.18 bits per heavy atom. The van der Waals surface area contributed by atoms with E-state index in [0.717, 1.165) is 11.8 Å². The van der Waals surface area contributed by atoms with Crippen LogP contribution in [-0.2, 0) is 4.79 Å². The van der Waals surface area contributed by atoms with Gasteiger partial charge in [0.15, 0.2) is 17.1 Å². The van der Waals surface area contributed by atoms with Gasteiger partial charge < -0.3 is 19.0 Å². The zero-order valence-electron chi connectivity index (χ0n) is 14.8. The summed E-state index contributed by atoms with van der Waals surface area (Å²) in [4.78, 5) is 16.1. The minimum Gasteiger partial charge on any atom is -0.493 e. The SMILES string of the molecule is C=CCOc1c(Br)cc(/C=C(\Sc2nc3ccccc3o2)C(=O)O)cc1OC. The normalized spacial score (nSPS) is 11.4. The van der Waals surface area contributed by atoms with Gasteiger partial charge in [-0.1, -0.05) is 24.8 Å². The molecule has 3 aromatic rings. The zero-order valence-corrected chi connectivity index (χ0v) is 17.2. The van der Waals surface area contributed by atoms with Crippen LogP contribution in [0.2, 0.25) is 0 Å². The summed E-state index contributed by atoms with van der Waals surface area (Å²) in [6.45, 7) is 3.94. The Morgan fingerprint density at radius 3 is 2.86 bits per heavy atom. The lowest BCUT2D eigenvalue weighted by Crippen LogP contribution is -1.99. The van der Waals surface area contributed by atoms with Crippen molar-refractivity contribution in [3.63, 3.8) is 0 Å². The summed E-state index contributed by atoms with van der Waals surface area (Å²) >= 11 is 4.37. The van der Waals surface area contributed by atoms with Gasteiger partial charge in [-0.2, -0.15) is 0 Å². The summed E-state index contributed by atoms with van der Waals surface area (Å²) in [7, 11) is 1.52. The number of aromatic nitrogens is 1. The van der Waals surface area contributed by atoms with Gasteiger partial charge in [0.25, 0.3) is 5.22 Å². The molecular formula is C20H16BrNO5S. The molecule has 0 saturated heterocycles. The van der Waals surface area contributed by atoms with Gasteiger partial charge in [0.05, 0.1) is 11.6 Å². The van der Waals surface area contributed by atoms with Crippen molar-refractivity contribution >= 4 is 50.8 Å². The van der Waals surface area contributed by atoms with Crippen molar-refractivity contribution in [1.29, 1.82) is 0 Å². The predicted octanol–water partition coefficient (Wildman–Crippen LogP) is 5.38. The predicted molar refractivity (Wildman–Crippen MR) is 112 cm³/mol. The third kappa shape index (κ3) is 4.58. The molecule has 1 heterocycles. The molecule has 28 heavy (non-hydrogen) atoms. The minimum atomic E-state index is -1.09. The van der Waals surface area contributed by atoms with E-state index in [1.165, 1.54) is 13.2 Å². The number of fused-ring (bicyclic) bond motifs is 1. The number of rotatable bonds is 8. The first-order valence-electron chi connectivity index (χ1n) is 8.11. The van der Waals surface area contributed by atoms with Crippen molar-refractivity contribution in [2.75, 3.05) is 13.7 Å². The maximum atomic E-state index is 11.7. The van der Waals surface area contributed by atoms with Gasteiger partial charge in [0, 0.05) is 0 Å². The molecule has 3 rings (SSSR count). The second-order valence-electron chi connectivity index (χ2n) is 5.50. The van der Waals surface area contributed by atoms with E-state index in [4.69, 9.17) is 13.9 Å². The highest BCUT2D eigenvalue weighted by molar-refractivity contribution is 9.10. The van der Waals surface area contributed by atoms with Crippen LogP contribution in [0.5, 0.6) is 11.5 Å². The number of hydrogen-bond donors (Lipinski definition) is 1. The highest BCUT2D eigenvalue weighted by atomic mass is 79.9. The van der Waals surface area contributed by atoms with Gasteiger partial charge in [-0.15, -0.1) is 0 Å². The molecule has 144 valence electrons. The molecular weight excluding hydrogens is 446 g/mol. The fraction of sp³-hybridized carbons (Fsp3) is 0.100. The number of para-hydroxylation sites is 2. The largest absolute Gasteiger partial charge is 0.493 e. The molecule has 0 saturated carbocycles. The van der Waals surface area contributed by atoms with E-state index in [-0.39, 0.29) is 10.1 Å². The molecule has 0 bridgehead atoms. The first-order valence-corrected chi connectivity index (χ1v) is 9.72. The molecule has 0 aliphatic carbocycles. The molecule has 0 aliphatic heterocycles. The molecule has 0 unspecified atom stereocenters. The molecule has 1 N–H and O–H groups in total. The van der Waals surface area contributed by atoms with Crippen LogP contribution in [-0.4, -0.2) is 29.8 Å². The van der Waals surface area contributed by atoms with Gasteiger partial charge >= 0.3 is 5.97 Å². The number of thioether (sulfide) groups is 1. The van der Waals surface area contributed by atoms with Crippen molar-refractivity contribution in [2.24, 2.45) is 0 Å². The van der Waals surface area contributed by atoms with E-state index in [2.05, 4.69) is 27.5 Å². The van der Waals surface area contributed by atoms with Crippen molar-refractivity contribution in [3.8, 4) is 11.5 Å². The van der Waals surface area contributed by atoms with Crippen molar-refractivity contribution in [3.05, 3.63) is 64.0 Å². The average molecular weight is 462 g/mol. The number of oxazole rings is 1. The highest BCUT2D eigenvalue weighted by Gasteiger charge is 2.16. The van der Waals surface area contributed by atoms with Crippen LogP contribution in [0.3, 0.4) is 0 Å². The van der Waals surface area contributed by atoms with Crippen LogP contribution < -0.4 is 9.47 Å². The molecule has 0 aliphatic rings. The molecule has 0 amide bonds. The number of ether oxygens (including phenoxy) is 2. The Morgan fingerprint density at radius 1 is 1.39 bits per heavy atom. The smallest absolute Gasteiger partial charge is 0.342 e. The van der Waals surface area contributed by atoms with Crippen LogP contribution >= 0.6 is 27.7 Å². The number of halogens is 1. The summed E-state index contributed by atoms with van der Waals surface area (Å²) in [6, 6.07) is 10.7. The lowest BCUT2D eigenvalue weighted by Gasteiger charge is -2.12. The molecule has 8 heteroatoms. The molecule has 2 aromatic carbocycles. The topological polar surface area (TPSA) is 81.8 Å². The number of carboxylic acids is 1. The average Bonchev–Trinajstić information content (AvgIpc) is 3.08. The Bertz CT molecular complexity index is 1030. The van der Waals surface area contributed by atoms with Crippen molar-refractivity contribution in [1.82, 2.24) is 4.98 Å². The minimum absolute atomic E-state index is 0.0558. The Hall–Kier alpha value is -2.71. The standard InChI is InChI=1S/C20H16BrNO5S/c1-3-8-26-18-13(21)9-12(10-16(18)25-2)11-17(19(23)24)28-20-22-14-6-4-5-7-15(14)27-20/h3-7,9-11H,1,8H2,2H3,(H,23,24)/b17-11-. The quantitative estimate of drug-likeness (QED) is 0.273. The van der Waals surface area contributed by atoms with Crippen molar-refractivity contribution < 1.29 is 23.8 Å². The Balaban J connectivity index is 1.94.